The lowest BCUT2D eigenvalue weighted by Crippen LogP contribution is -2.60. The molecule has 8 rings (SSSR count). The number of aromatic nitrogens is 3. The lowest BCUT2D eigenvalue weighted by molar-refractivity contribution is -0.131. The average molecular weight is 1080 g/mol. The van der Waals surface area contributed by atoms with Crippen LogP contribution in [0, 0.1) is 0 Å². The summed E-state index contributed by atoms with van der Waals surface area (Å²) in [4.78, 5) is 70.4. The lowest BCUT2D eigenvalue weighted by Gasteiger charge is -2.39. The third kappa shape index (κ3) is 17.1. The molecule has 6 N–H and O–H groups in total. The Morgan fingerprint density at radius 3 is 2.44 bits per heavy atom. The molecule has 0 bridgehead atoms. The van der Waals surface area contributed by atoms with E-state index in [1.165, 1.54) is 0 Å². The average Bonchev–Trinajstić information content (AvgIpc) is 3.97. The van der Waals surface area contributed by atoms with Crippen molar-refractivity contribution in [3.05, 3.63) is 113 Å². The molecule has 0 saturated carbocycles. The number of rotatable bonds is 25. The first-order chi connectivity index (χ1) is 37.5. The van der Waals surface area contributed by atoms with Crippen LogP contribution in [0.1, 0.15) is 91.4 Å². The van der Waals surface area contributed by atoms with Gasteiger partial charge in [-0.05, 0) is 93.0 Å². The van der Waals surface area contributed by atoms with Gasteiger partial charge >= 0.3 is 0 Å². The summed E-state index contributed by atoms with van der Waals surface area (Å²) >= 11 is 6.12. The number of nitrogens with zero attached hydrogens (tertiary/aromatic N) is 6. The van der Waals surface area contributed by atoms with Gasteiger partial charge in [0.15, 0.2) is 0 Å². The maximum atomic E-state index is 13.5. The highest BCUT2D eigenvalue weighted by molar-refractivity contribution is 6.30. The number of anilines is 1. The Kier molecular flexibility index (Phi) is 22.7. The third-order valence-corrected chi connectivity index (χ3v) is 14.7. The zero-order valence-corrected chi connectivity index (χ0v) is 45.7. The van der Waals surface area contributed by atoms with Crippen LogP contribution in [0.5, 0.6) is 11.5 Å². The Labute approximate surface area is 457 Å². The summed E-state index contributed by atoms with van der Waals surface area (Å²) in [5, 5.41) is 11.1. The Hall–Kier alpha value is -6.35. The molecule has 77 heavy (non-hydrogen) atoms. The van der Waals surface area contributed by atoms with Gasteiger partial charge in [0.1, 0.15) is 29.3 Å². The Bertz CT molecular complexity index is 2640. The molecule has 416 valence electrons. The van der Waals surface area contributed by atoms with Crippen molar-refractivity contribution in [3.63, 3.8) is 0 Å². The maximum absolute atomic E-state index is 13.5. The van der Waals surface area contributed by atoms with Crippen LogP contribution >= 0.6 is 11.6 Å². The molecule has 0 spiro atoms. The number of ether oxygens (including phenoxy) is 4. The van der Waals surface area contributed by atoms with Gasteiger partial charge in [-0.3, -0.25) is 24.1 Å². The highest BCUT2D eigenvalue weighted by atomic mass is 35.5. The van der Waals surface area contributed by atoms with E-state index in [0.717, 1.165) is 123 Å². The number of carbonyl (C=O) groups is 4. The molecule has 2 aromatic heterocycles. The predicted octanol–water partition coefficient (Wildman–Crippen LogP) is 5.69. The zero-order valence-electron chi connectivity index (χ0n) is 45.0. The van der Waals surface area contributed by atoms with E-state index in [1.54, 1.807) is 18.3 Å². The topological polar surface area (TPSA) is 222 Å². The van der Waals surface area contributed by atoms with E-state index in [4.69, 9.17) is 36.3 Å². The summed E-state index contributed by atoms with van der Waals surface area (Å²) in [6.45, 7) is 14.6. The molecule has 3 aliphatic heterocycles. The quantitative estimate of drug-likeness (QED) is 0.0350. The van der Waals surface area contributed by atoms with Crippen LogP contribution in [0.3, 0.4) is 0 Å². The lowest BCUT2D eigenvalue weighted by atomic mass is 9.87. The number of hydrogen-bond donors (Lipinski definition) is 5. The molecule has 0 aliphatic carbocycles. The van der Waals surface area contributed by atoms with Gasteiger partial charge in [-0.1, -0.05) is 48.9 Å². The number of nitrogens with one attached hydrogen (secondary N) is 4. The number of likely N-dealkylation sites (tertiary alicyclic amines) is 1. The molecule has 3 aromatic carbocycles. The number of benzene rings is 3. The minimum Gasteiger partial charge on any atom is -0.497 e. The van der Waals surface area contributed by atoms with E-state index in [0.29, 0.717) is 82.6 Å². The predicted molar refractivity (Wildman–Crippen MR) is 298 cm³/mol. The Morgan fingerprint density at radius 2 is 1.70 bits per heavy atom. The van der Waals surface area contributed by atoms with E-state index in [-0.39, 0.29) is 36.2 Å². The molecular formula is C57H78ClN11O8. The summed E-state index contributed by atoms with van der Waals surface area (Å²) in [7, 11) is 1.63. The van der Waals surface area contributed by atoms with E-state index in [1.807, 2.05) is 90.8 Å². The van der Waals surface area contributed by atoms with Crippen molar-refractivity contribution in [1.29, 1.82) is 0 Å². The number of fused-ring (bicyclic) bond motifs is 1. The second kappa shape index (κ2) is 30.0. The van der Waals surface area contributed by atoms with E-state index in [2.05, 4.69) is 47.6 Å². The number of piperazine rings is 1. The Balaban J connectivity index is 0.000000224. The second-order valence-corrected chi connectivity index (χ2v) is 20.2. The molecule has 19 nitrogen and oxygen atoms in total. The smallest absolute Gasteiger partial charge is 0.251 e. The number of hydrogen-bond acceptors (Lipinski definition) is 14. The molecule has 3 saturated heterocycles. The van der Waals surface area contributed by atoms with Gasteiger partial charge < -0.3 is 60.3 Å². The largest absolute Gasteiger partial charge is 0.497 e. The monoisotopic (exact) mass is 1080 g/mol. The first kappa shape index (κ1) is 58.3. The van der Waals surface area contributed by atoms with Crippen molar-refractivity contribution >= 4 is 52.6 Å². The second-order valence-electron chi connectivity index (χ2n) is 19.7. The fraction of sp³-hybridized carbons (Fsp3) is 0.509. The minimum absolute atomic E-state index is 0.0742. The van der Waals surface area contributed by atoms with Crippen molar-refractivity contribution in [3.8, 4) is 11.5 Å². The fourth-order valence-corrected chi connectivity index (χ4v) is 10.0. The zero-order chi connectivity index (χ0) is 54.4. The number of aromatic amines is 1. The van der Waals surface area contributed by atoms with Crippen LogP contribution in [0.15, 0.2) is 85.3 Å². The maximum Gasteiger partial charge on any atom is 0.251 e. The molecular weight excluding hydrogens is 1000 g/mol. The molecule has 5 aromatic rings. The van der Waals surface area contributed by atoms with E-state index < -0.39 is 5.54 Å². The van der Waals surface area contributed by atoms with Gasteiger partial charge in [-0.15, -0.1) is 0 Å². The first-order valence-electron chi connectivity index (χ1n) is 27.1. The fourth-order valence-electron chi connectivity index (χ4n) is 9.91. The van der Waals surface area contributed by atoms with Crippen LogP contribution < -0.4 is 36.1 Å². The number of piperidine rings is 2. The van der Waals surface area contributed by atoms with Crippen LogP contribution in [-0.4, -0.2) is 171 Å². The van der Waals surface area contributed by atoms with Crippen molar-refractivity contribution in [2.24, 2.45) is 5.73 Å². The van der Waals surface area contributed by atoms with Gasteiger partial charge in [-0.2, -0.15) is 0 Å². The van der Waals surface area contributed by atoms with Gasteiger partial charge in [0.25, 0.3) is 5.91 Å². The normalized spacial score (nSPS) is 17.0. The Morgan fingerprint density at radius 1 is 0.922 bits per heavy atom. The summed E-state index contributed by atoms with van der Waals surface area (Å²) in [6.07, 6.45) is 9.01. The van der Waals surface area contributed by atoms with Crippen molar-refractivity contribution < 1.29 is 38.1 Å². The molecule has 2 atom stereocenters. The van der Waals surface area contributed by atoms with Gasteiger partial charge in [0.05, 0.1) is 57.0 Å². The van der Waals surface area contributed by atoms with Crippen LogP contribution in [-0.2, 0) is 30.4 Å². The number of methoxy groups -OCH3 is 1. The minimum atomic E-state index is -0.957. The van der Waals surface area contributed by atoms with Crippen molar-refractivity contribution in [2.75, 3.05) is 117 Å². The molecule has 0 radical (unpaired) electrons. The third-order valence-electron chi connectivity index (χ3n) is 14.4. The standard InChI is InChI=1S/C31H45N3O6.C26H33ClN8O2/c1-4-15-38-17-18-39-16-13-33-31(36)25-9-6-8-24(19-25)27-10-7-14-34(23-27)30(35)22-32-21-26-11-12-28(37-3)20-29(26)40-5-2;27-20-3-1-19(2-4-20)22(6-10-33-13-15-34(18-36)16-14-33)32-25(37)26(28)7-11-35(12-8-26)24-21-5-9-29-23(21)30-17-31-24/h6,8-9,11-12,19-20,27,32H,4-5,7,10,13-18,21-23H2,1-3H3,(H,33,36);1-5,9,17-18,22H,6-8,10-16,28H2,(H,32,37)(H,29,30,31). The molecule has 4 amide bonds. The SMILES string of the molecule is CCCOCCOCCNC(=O)c1cccc(C2CCCN(C(=O)CNCc3ccc(OC)cc3OCC)C2)c1.NC1(C(=O)NC(CCN2CCN(C=O)CC2)c2ccc(Cl)cc2)CCN(c2ncnc3[nH]ccc23)CC1. The molecule has 3 fully saturated rings. The van der Waals surface area contributed by atoms with Crippen LogP contribution in [0.4, 0.5) is 5.82 Å². The van der Waals surface area contributed by atoms with Crippen molar-refractivity contribution in [1.82, 2.24) is 45.6 Å². The van der Waals surface area contributed by atoms with Crippen molar-refractivity contribution in [2.45, 2.75) is 76.4 Å². The number of amides is 4. The van der Waals surface area contributed by atoms with Gasteiger partial charge in [0.2, 0.25) is 18.2 Å². The molecule has 5 heterocycles. The highest BCUT2D eigenvalue weighted by Gasteiger charge is 2.39. The number of nitrogens with two attached hydrogens (primary N) is 1. The summed E-state index contributed by atoms with van der Waals surface area (Å²) in [5.74, 6) is 2.38. The number of H-pyrrole nitrogens is 1. The summed E-state index contributed by atoms with van der Waals surface area (Å²) < 4.78 is 21.9. The first-order valence-corrected chi connectivity index (χ1v) is 27.5. The molecule has 20 heteroatoms. The number of halogens is 1. The van der Waals surface area contributed by atoms with Crippen LogP contribution in [0.2, 0.25) is 5.02 Å². The molecule has 2 unspecified atom stereocenters. The summed E-state index contributed by atoms with van der Waals surface area (Å²) in [6, 6.07) is 22.8. The van der Waals surface area contributed by atoms with Gasteiger partial charge in [0, 0.05) is 113 Å². The van der Waals surface area contributed by atoms with E-state index in [9.17, 15) is 19.2 Å². The van der Waals surface area contributed by atoms with Crippen LogP contribution in [0.25, 0.3) is 11.0 Å². The summed E-state index contributed by atoms with van der Waals surface area (Å²) in [5.41, 5.74) is 10.2. The highest BCUT2D eigenvalue weighted by Crippen LogP contribution is 2.31. The number of carbonyl (C=O) groups excluding carboxylic acids is 4. The molecule has 3 aliphatic rings. The van der Waals surface area contributed by atoms with Gasteiger partial charge in [-0.25, -0.2) is 9.97 Å². The van der Waals surface area contributed by atoms with E-state index >= 15 is 0 Å².